The van der Waals surface area contributed by atoms with E-state index in [0.717, 1.165) is 13.1 Å². The van der Waals surface area contributed by atoms with E-state index < -0.39 is 0 Å². The van der Waals surface area contributed by atoms with Gasteiger partial charge >= 0.3 is 0 Å². The predicted octanol–water partition coefficient (Wildman–Crippen LogP) is 1.81. The highest BCUT2D eigenvalue weighted by molar-refractivity contribution is 7.80. The van der Waals surface area contributed by atoms with Crippen molar-refractivity contribution in [3.8, 4) is 0 Å². The molecule has 3 N–H and O–H groups in total. The fraction of sp³-hybridized carbons (Fsp3) is 0.533. The zero-order valence-corrected chi connectivity index (χ0v) is 13.5. The summed E-state index contributed by atoms with van der Waals surface area (Å²) in [6.45, 7) is 10.6. The Bertz CT molecular complexity index is 427. The SMILES string of the molecule is CC(C)[NH+](CCNC(=S)Nc1ccccc1F)C(C)C. The minimum atomic E-state index is -0.298. The third-order valence-electron chi connectivity index (χ3n) is 3.30. The van der Waals surface area contributed by atoms with Gasteiger partial charge in [0.15, 0.2) is 5.11 Å². The summed E-state index contributed by atoms with van der Waals surface area (Å²) in [7, 11) is 0. The van der Waals surface area contributed by atoms with Crippen LogP contribution in [-0.2, 0) is 0 Å². The molecule has 0 saturated heterocycles. The fourth-order valence-corrected chi connectivity index (χ4v) is 2.51. The second-order valence-corrected chi connectivity index (χ2v) is 5.90. The lowest BCUT2D eigenvalue weighted by molar-refractivity contribution is -0.941. The Kier molecular flexibility index (Phi) is 6.88. The first-order valence-corrected chi connectivity index (χ1v) is 7.47. The Hall–Kier alpha value is -1.20. The topological polar surface area (TPSA) is 28.5 Å². The quantitative estimate of drug-likeness (QED) is 0.700. The summed E-state index contributed by atoms with van der Waals surface area (Å²) in [4.78, 5) is 1.52. The minimum absolute atomic E-state index is 0.298. The summed E-state index contributed by atoms with van der Waals surface area (Å²) < 4.78 is 13.5. The van der Waals surface area contributed by atoms with Crippen LogP contribution in [0, 0.1) is 5.82 Å². The van der Waals surface area contributed by atoms with E-state index in [2.05, 4.69) is 38.3 Å². The average molecular weight is 298 g/mol. The molecule has 0 radical (unpaired) electrons. The van der Waals surface area contributed by atoms with Crippen molar-refractivity contribution in [2.75, 3.05) is 18.4 Å². The largest absolute Gasteiger partial charge is 0.357 e. The lowest BCUT2D eigenvalue weighted by Crippen LogP contribution is -3.18. The second-order valence-electron chi connectivity index (χ2n) is 5.50. The molecule has 0 saturated carbocycles. The van der Waals surface area contributed by atoms with Crippen LogP contribution in [-0.4, -0.2) is 30.3 Å². The van der Waals surface area contributed by atoms with Crippen LogP contribution in [0.3, 0.4) is 0 Å². The molecule has 112 valence electrons. The van der Waals surface area contributed by atoms with Gasteiger partial charge in [0, 0.05) is 0 Å². The number of quaternary nitrogens is 1. The van der Waals surface area contributed by atoms with Crippen molar-refractivity contribution in [3.63, 3.8) is 0 Å². The second kappa shape index (κ2) is 8.17. The van der Waals surface area contributed by atoms with Gasteiger partial charge in [0.2, 0.25) is 0 Å². The van der Waals surface area contributed by atoms with Crippen LogP contribution in [0.5, 0.6) is 0 Å². The monoisotopic (exact) mass is 298 g/mol. The van der Waals surface area contributed by atoms with Crippen molar-refractivity contribution >= 4 is 23.0 Å². The van der Waals surface area contributed by atoms with Gasteiger partial charge < -0.3 is 15.5 Å². The van der Waals surface area contributed by atoms with Gasteiger partial charge in [-0.15, -0.1) is 0 Å². The summed E-state index contributed by atoms with van der Waals surface area (Å²) >= 11 is 5.18. The van der Waals surface area contributed by atoms with Crippen molar-refractivity contribution in [1.29, 1.82) is 0 Å². The van der Waals surface area contributed by atoms with E-state index in [1.165, 1.54) is 11.0 Å². The normalized spacial score (nSPS) is 11.2. The molecule has 0 unspecified atom stereocenters. The van der Waals surface area contributed by atoms with E-state index in [4.69, 9.17) is 12.2 Å². The summed E-state index contributed by atoms with van der Waals surface area (Å²) in [6.07, 6.45) is 0. The smallest absolute Gasteiger partial charge is 0.171 e. The molecule has 1 rings (SSSR count). The Morgan fingerprint density at radius 1 is 1.20 bits per heavy atom. The molecular weight excluding hydrogens is 273 g/mol. The van der Waals surface area contributed by atoms with Crippen molar-refractivity contribution in [3.05, 3.63) is 30.1 Å². The maximum atomic E-state index is 13.5. The highest BCUT2D eigenvalue weighted by Gasteiger charge is 2.16. The van der Waals surface area contributed by atoms with Crippen molar-refractivity contribution in [1.82, 2.24) is 5.32 Å². The van der Waals surface area contributed by atoms with E-state index >= 15 is 0 Å². The van der Waals surface area contributed by atoms with Gasteiger partial charge in [0.05, 0.1) is 30.9 Å². The summed E-state index contributed by atoms with van der Waals surface area (Å²) in [6, 6.07) is 7.66. The number of nitrogens with one attached hydrogen (secondary N) is 3. The van der Waals surface area contributed by atoms with Gasteiger partial charge in [-0.3, -0.25) is 0 Å². The van der Waals surface area contributed by atoms with Crippen LogP contribution in [0.15, 0.2) is 24.3 Å². The molecule has 0 amide bonds. The van der Waals surface area contributed by atoms with Gasteiger partial charge in [-0.1, -0.05) is 12.1 Å². The molecule has 0 aliphatic carbocycles. The van der Waals surface area contributed by atoms with Crippen molar-refractivity contribution < 1.29 is 9.29 Å². The molecule has 0 aliphatic rings. The van der Waals surface area contributed by atoms with Crippen molar-refractivity contribution in [2.45, 2.75) is 39.8 Å². The van der Waals surface area contributed by atoms with Crippen LogP contribution in [0.4, 0.5) is 10.1 Å². The number of anilines is 1. The molecule has 0 heterocycles. The first-order valence-electron chi connectivity index (χ1n) is 7.06. The minimum Gasteiger partial charge on any atom is -0.357 e. The van der Waals surface area contributed by atoms with Crippen LogP contribution in [0.2, 0.25) is 0 Å². The van der Waals surface area contributed by atoms with Crippen LogP contribution < -0.4 is 15.5 Å². The van der Waals surface area contributed by atoms with Crippen LogP contribution in [0.1, 0.15) is 27.7 Å². The van der Waals surface area contributed by atoms with Crippen molar-refractivity contribution in [2.24, 2.45) is 0 Å². The number of para-hydroxylation sites is 1. The molecule has 1 aromatic carbocycles. The van der Waals surface area contributed by atoms with Gasteiger partial charge in [0.1, 0.15) is 5.82 Å². The maximum absolute atomic E-state index is 13.5. The molecule has 0 spiro atoms. The molecule has 0 atom stereocenters. The van der Waals surface area contributed by atoms with E-state index in [9.17, 15) is 4.39 Å². The number of thiocarbonyl (C=S) groups is 1. The van der Waals surface area contributed by atoms with Gasteiger partial charge in [-0.25, -0.2) is 4.39 Å². The molecule has 5 heteroatoms. The third-order valence-corrected chi connectivity index (χ3v) is 3.55. The van der Waals surface area contributed by atoms with E-state index in [-0.39, 0.29) is 5.82 Å². The zero-order valence-electron chi connectivity index (χ0n) is 12.7. The molecule has 20 heavy (non-hydrogen) atoms. The van der Waals surface area contributed by atoms with Gasteiger partial charge in [-0.2, -0.15) is 0 Å². The Morgan fingerprint density at radius 2 is 1.80 bits per heavy atom. The number of hydrogen-bond donors (Lipinski definition) is 3. The maximum Gasteiger partial charge on any atom is 0.171 e. The lowest BCUT2D eigenvalue weighted by atomic mass is 10.2. The molecule has 0 aromatic heterocycles. The average Bonchev–Trinajstić information content (AvgIpc) is 2.36. The Labute approximate surface area is 126 Å². The molecule has 0 aliphatic heterocycles. The highest BCUT2D eigenvalue weighted by Crippen LogP contribution is 2.11. The summed E-state index contributed by atoms with van der Waals surface area (Å²) in [5.41, 5.74) is 0.405. The Balaban J connectivity index is 2.39. The molecule has 3 nitrogen and oxygen atoms in total. The standard InChI is InChI=1S/C15H24FN3S/c1-11(2)19(12(3)4)10-9-17-15(20)18-14-8-6-5-7-13(14)16/h5-8,11-12H,9-10H2,1-4H3,(H2,17,18,20)/p+1. The van der Waals surface area contributed by atoms with Crippen LogP contribution in [0.25, 0.3) is 0 Å². The number of hydrogen-bond acceptors (Lipinski definition) is 1. The first kappa shape index (κ1) is 16.9. The number of benzene rings is 1. The molecule has 1 aromatic rings. The number of halogens is 1. The first-order chi connectivity index (χ1) is 9.41. The molecular formula is C15H25FN3S+. The van der Waals surface area contributed by atoms with Gasteiger partial charge in [-0.05, 0) is 52.0 Å². The van der Waals surface area contributed by atoms with Gasteiger partial charge in [0.25, 0.3) is 0 Å². The van der Waals surface area contributed by atoms with E-state index in [0.29, 0.717) is 22.9 Å². The third kappa shape index (κ3) is 5.43. The Morgan fingerprint density at radius 3 is 2.35 bits per heavy atom. The summed E-state index contributed by atoms with van der Waals surface area (Å²) in [5, 5.41) is 6.47. The summed E-state index contributed by atoms with van der Waals surface area (Å²) in [5.74, 6) is -0.298. The molecule has 0 fully saturated rings. The fourth-order valence-electron chi connectivity index (χ4n) is 2.29. The number of rotatable bonds is 6. The highest BCUT2D eigenvalue weighted by atomic mass is 32.1. The van der Waals surface area contributed by atoms with Crippen LogP contribution >= 0.6 is 12.2 Å². The van der Waals surface area contributed by atoms with E-state index in [1.807, 2.05) is 0 Å². The lowest BCUT2D eigenvalue weighted by Gasteiger charge is -2.27. The zero-order chi connectivity index (χ0) is 15.1. The predicted molar refractivity (Wildman–Crippen MR) is 86.7 cm³/mol. The van der Waals surface area contributed by atoms with E-state index in [1.54, 1.807) is 18.2 Å². The molecule has 0 bridgehead atoms.